The largest absolute Gasteiger partial charge is 0.456 e. The van der Waals surface area contributed by atoms with E-state index in [1.807, 2.05) is 84.9 Å². The van der Waals surface area contributed by atoms with Gasteiger partial charge in [0.1, 0.15) is 20.9 Å². The molecule has 1 atom stereocenters. The molecule has 0 amide bonds. The van der Waals surface area contributed by atoms with Gasteiger partial charge in [0.25, 0.3) is 0 Å². The first-order chi connectivity index (χ1) is 24.2. The molecule has 232 valence electrons. The molecule has 5 nitrogen and oxygen atoms in total. The molecule has 0 spiro atoms. The Balaban J connectivity index is 1.17. The number of aliphatic imine (C=N–C) groups is 1. The third-order valence-corrected chi connectivity index (χ3v) is 11.7. The summed E-state index contributed by atoms with van der Waals surface area (Å²) in [6, 6.07) is 55.1. The molecule has 0 saturated heterocycles. The standard InChI is InChI=1S/C43H27N3O2S/c47-49(31-14-5-2-6-15-31)41-21-10-8-18-36(41)44-43(45-49)33-17-11-20-40-42(33)35-27-29(23-25-39(35)48-40)28-22-24-38-34(26-28)32-16-7-9-19-37(32)46(38)30-12-3-1-4-13-30/h1-27H. The second-order valence-electron chi connectivity index (χ2n) is 12.2. The molecule has 0 aliphatic carbocycles. The third-order valence-electron chi connectivity index (χ3n) is 9.42. The molecule has 49 heavy (non-hydrogen) atoms. The van der Waals surface area contributed by atoms with E-state index in [-0.39, 0.29) is 0 Å². The summed E-state index contributed by atoms with van der Waals surface area (Å²) in [4.78, 5) is 6.25. The van der Waals surface area contributed by atoms with Crippen LogP contribution in [0.4, 0.5) is 5.69 Å². The number of hydrogen-bond acceptors (Lipinski definition) is 4. The van der Waals surface area contributed by atoms with Crippen molar-refractivity contribution in [2.75, 3.05) is 0 Å². The van der Waals surface area contributed by atoms with Crippen LogP contribution in [0.2, 0.25) is 0 Å². The molecule has 3 heterocycles. The Morgan fingerprint density at radius 3 is 2.10 bits per heavy atom. The normalized spacial score (nSPS) is 15.8. The maximum Gasteiger partial charge on any atom is 0.170 e. The number of hydrogen-bond donors (Lipinski definition) is 0. The average molecular weight is 650 g/mol. The van der Waals surface area contributed by atoms with Crippen LogP contribution in [0, 0.1) is 0 Å². The van der Waals surface area contributed by atoms with Crippen LogP contribution >= 0.6 is 0 Å². The fourth-order valence-corrected chi connectivity index (χ4v) is 9.21. The first kappa shape index (κ1) is 27.8. The quantitative estimate of drug-likeness (QED) is 0.190. The fourth-order valence-electron chi connectivity index (χ4n) is 7.18. The van der Waals surface area contributed by atoms with Crippen molar-refractivity contribution in [1.82, 2.24) is 4.57 Å². The van der Waals surface area contributed by atoms with Crippen LogP contribution in [-0.4, -0.2) is 14.6 Å². The summed E-state index contributed by atoms with van der Waals surface area (Å²) < 4.78 is 28.5. The number of amidine groups is 1. The van der Waals surface area contributed by atoms with Gasteiger partial charge in [-0.1, -0.05) is 91.0 Å². The average Bonchev–Trinajstić information content (AvgIpc) is 3.70. The van der Waals surface area contributed by atoms with Crippen molar-refractivity contribution in [2.24, 2.45) is 9.36 Å². The number of benzene rings is 7. The molecule has 0 N–H and O–H groups in total. The SMILES string of the molecule is O=S1(c2ccccc2)=NC(c2cccc3oc4ccc(-c5ccc6c(c5)c5ccccc5n6-c5ccccc5)cc4c23)=Nc2ccccc21. The van der Waals surface area contributed by atoms with Gasteiger partial charge in [0.05, 0.1) is 26.5 Å². The van der Waals surface area contributed by atoms with Gasteiger partial charge in [0, 0.05) is 32.8 Å². The molecule has 9 aromatic rings. The number of nitrogens with zero attached hydrogens (tertiary/aromatic N) is 3. The molecule has 10 rings (SSSR count). The van der Waals surface area contributed by atoms with Crippen LogP contribution in [0.25, 0.3) is 60.6 Å². The van der Waals surface area contributed by atoms with E-state index in [2.05, 4.69) is 83.4 Å². The van der Waals surface area contributed by atoms with E-state index in [1.54, 1.807) is 0 Å². The predicted octanol–water partition coefficient (Wildman–Crippen LogP) is 11.3. The maximum absolute atomic E-state index is 14.8. The lowest BCUT2D eigenvalue weighted by atomic mass is 9.99. The lowest BCUT2D eigenvalue weighted by Gasteiger charge is -2.18. The Labute approximate surface area is 282 Å². The molecular weight excluding hydrogens is 623 g/mol. The summed E-state index contributed by atoms with van der Waals surface area (Å²) >= 11 is 0. The van der Waals surface area contributed by atoms with E-state index in [0.29, 0.717) is 21.3 Å². The zero-order chi connectivity index (χ0) is 32.5. The van der Waals surface area contributed by atoms with Gasteiger partial charge in [-0.2, -0.15) is 4.36 Å². The van der Waals surface area contributed by atoms with Crippen LogP contribution in [0.3, 0.4) is 0 Å². The van der Waals surface area contributed by atoms with Crippen LogP contribution in [0.1, 0.15) is 5.56 Å². The van der Waals surface area contributed by atoms with Gasteiger partial charge in [-0.3, -0.25) is 0 Å². The summed E-state index contributed by atoms with van der Waals surface area (Å²) in [5.74, 6) is 0.432. The van der Waals surface area contributed by atoms with E-state index in [1.165, 1.54) is 16.3 Å². The summed E-state index contributed by atoms with van der Waals surface area (Å²) in [6.45, 7) is 0. The summed E-state index contributed by atoms with van der Waals surface area (Å²) in [5, 5.41) is 4.26. The van der Waals surface area contributed by atoms with Gasteiger partial charge in [-0.25, -0.2) is 9.20 Å². The van der Waals surface area contributed by atoms with Crippen LogP contribution in [-0.2, 0) is 9.73 Å². The van der Waals surface area contributed by atoms with Gasteiger partial charge in [-0.15, -0.1) is 0 Å². The van der Waals surface area contributed by atoms with E-state index >= 15 is 0 Å². The summed E-state index contributed by atoms with van der Waals surface area (Å²) in [7, 11) is -2.98. The zero-order valence-corrected chi connectivity index (χ0v) is 27.0. The highest BCUT2D eigenvalue weighted by atomic mass is 32.2. The van der Waals surface area contributed by atoms with Crippen molar-refractivity contribution in [3.63, 3.8) is 0 Å². The highest BCUT2D eigenvalue weighted by Crippen LogP contribution is 2.41. The monoisotopic (exact) mass is 649 g/mol. The van der Waals surface area contributed by atoms with Crippen molar-refractivity contribution < 1.29 is 8.63 Å². The molecule has 7 aromatic carbocycles. The van der Waals surface area contributed by atoms with Crippen LogP contribution in [0.5, 0.6) is 0 Å². The Bertz CT molecular complexity index is 2930. The Kier molecular flexibility index (Phi) is 6.04. The van der Waals surface area contributed by atoms with Crippen LogP contribution in [0.15, 0.2) is 187 Å². The molecule has 1 aliphatic rings. The Morgan fingerprint density at radius 2 is 1.24 bits per heavy atom. The van der Waals surface area contributed by atoms with Gasteiger partial charge in [0.2, 0.25) is 0 Å². The van der Waals surface area contributed by atoms with Gasteiger partial charge in [0.15, 0.2) is 5.84 Å². The second-order valence-corrected chi connectivity index (χ2v) is 14.4. The number of para-hydroxylation sites is 3. The van der Waals surface area contributed by atoms with Crippen molar-refractivity contribution in [3.05, 3.63) is 169 Å². The minimum absolute atomic E-state index is 0.432. The molecule has 2 aromatic heterocycles. The Morgan fingerprint density at radius 1 is 0.551 bits per heavy atom. The first-order valence-electron chi connectivity index (χ1n) is 16.2. The molecular formula is C43H27N3O2S. The molecule has 0 radical (unpaired) electrons. The molecule has 1 aliphatic heterocycles. The highest BCUT2D eigenvalue weighted by molar-refractivity contribution is 7.94. The smallest absolute Gasteiger partial charge is 0.170 e. The Hall–Kier alpha value is -6.24. The summed E-state index contributed by atoms with van der Waals surface area (Å²) in [5.41, 5.74) is 8.60. The van der Waals surface area contributed by atoms with Crippen molar-refractivity contribution >= 4 is 65.0 Å². The molecule has 6 heteroatoms. The topological polar surface area (TPSA) is 59.9 Å². The minimum atomic E-state index is -2.98. The maximum atomic E-state index is 14.8. The van der Waals surface area contributed by atoms with Crippen molar-refractivity contribution in [3.8, 4) is 16.8 Å². The molecule has 0 fully saturated rings. The molecule has 0 saturated carbocycles. The number of rotatable bonds is 4. The minimum Gasteiger partial charge on any atom is -0.456 e. The predicted molar refractivity (Wildman–Crippen MR) is 200 cm³/mol. The van der Waals surface area contributed by atoms with Gasteiger partial charge in [-0.05, 0) is 83.9 Å². The lowest BCUT2D eigenvalue weighted by Crippen LogP contribution is -2.12. The number of fused-ring (bicyclic) bond motifs is 7. The molecule has 0 bridgehead atoms. The van der Waals surface area contributed by atoms with Crippen molar-refractivity contribution in [1.29, 1.82) is 0 Å². The first-order valence-corrected chi connectivity index (χ1v) is 17.7. The number of furan rings is 1. The van der Waals surface area contributed by atoms with Gasteiger partial charge >= 0.3 is 0 Å². The van der Waals surface area contributed by atoms with Crippen LogP contribution < -0.4 is 0 Å². The van der Waals surface area contributed by atoms with Crippen molar-refractivity contribution in [2.45, 2.75) is 9.79 Å². The van der Waals surface area contributed by atoms with E-state index in [9.17, 15) is 4.21 Å². The summed E-state index contributed by atoms with van der Waals surface area (Å²) in [6.07, 6.45) is 0. The number of aromatic nitrogens is 1. The highest BCUT2D eigenvalue weighted by Gasteiger charge is 2.27. The fraction of sp³-hybridized carbons (Fsp3) is 0. The molecule has 1 unspecified atom stereocenters. The second kappa shape index (κ2) is 10.6. The van der Waals surface area contributed by atoms with E-state index in [0.717, 1.165) is 49.8 Å². The zero-order valence-electron chi connectivity index (χ0n) is 26.2. The van der Waals surface area contributed by atoms with E-state index < -0.39 is 9.73 Å². The third kappa shape index (κ3) is 4.24. The van der Waals surface area contributed by atoms with E-state index in [4.69, 9.17) is 13.8 Å². The lowest BCUT2D eigenvalue weighted by molar-refractivity contribution is 0.669. The van der Waals surface area contributed by atoms with Gasteiger partial charge < -0.3 is 8.98 Å².